The third-order valence-electron chi connectivity index (χ3n) is 6.27. The molecule has 0 atom stereocenters. The van der Waals surface area contributed by atoms with Gasteiger partial charge < -0.3 is 30.7 Å². The summed E-state index contributed by atoms with van der Waals surface area (Å²) in [6, 6.07) is 29.1. The fraction of sp³-hybridized carbons (Fsp3) is 0.0312. The van der Waals surface area contributed by atoms with E-state index in [1.165, 1.54) is 12.1 Å². The molecule has 0 aliphatic carbocycles. The quantitative estimate of drug-likeness (QED) is 0.162. The molecule has 0 fully saturated rings. The van der Waals surface area contributed by atoms with Gasteiger partial charge in [-0.1, -0.05) is 48.5 Å². The van der Waals surface area contributed by atoms with Crippen molar-refractivity contribution in [3.8, 4) is 0 Å². The van der Waals surface area contributed by atoms with Crippen LogP contribution in [-0.2, 0) is 32.0 Å². The summed E-state index contributed by atoms with van der Waals surface area (Å²) < 4.78 is 31.6. The molecule has 0 amide bonds. The van der Waals surface area contributed by atoms with Crippen molar-refractivity contribution in [1.29, 1.82) is 0 Å². The number of pyridine rings is 4. The summed E-state index contributed by atoms with van der Waals surface area (Å²) in [5, 5.41) is 17.1. The Bertz CT molecular complexity index is 1950. The molecule has 4 aromatic heterocycles. The van der Waals surface area contributed by atoms with Gasteiger partial charge in [-0.3, -0.25) is 19.9 Å². The summed E-state index contributed by atoms with van der Waals surface area (Å²) in [5.74, 6) is -1.28. The first-order valence-corrected chi connectivity index (χ1v) is 14.4. The predicted octanol–water partition coefficient (Wildman–Crippen LogP) is 2.67. The van der Waals surface area contributed by atoms with E-state index in [0.717, 1.165) is 55.7 Å². The van der Waals surface area contributed by atoms with E-state index >= 15 is 0 Å². The van der Waals surface area contributed by atoms with Gasteiger partial charge in [0.1, 0.15) is 10.1 Å². The number of nitrogens with one attached hydrogen (secondary N) is 1. The zero-order valence-electron chi connectivity index (χ0n) is 23.8. The van der Waals surface area contributed by atoms with Crippen molar-refractivity contribution < 1.29 is 50.9 Å². The second kappa shape index (κ2) is 16.8. The predicted molar refractivity (Wildman–Crippen MR) is 169 cm³/mol. The van der Waals surface area contributed by atoms with Crippen LogP contribution in [0.3, 0.4) is 0 Å². The number of fused-ring (bicyclic) bond motifs is 6. The van der Waals surface area contributed by atoms with Crippen LogP contribution in [0.15, 0.2) is 127 Å². The Hall–Kier alpha value is -5.08. The fourth-order valence-corrected chi connectivity index (χ4v) is 4.74. The van der Waals surface area contributed by atoms with E-state index in [9.17, 15) is 22.9 Å². The molecule has 0 saturated carbocycles. The average molecular weight is 689 g/mol. The molecule has 4 heterocycles. The molecule has 7 aromatic rings. The molecule has 12 nitrogen and oxygen atoms in total. The van der Waals surface area contributed by atoms with Crippen molar-refractivity contribution in [2.24, 2.45) is 0 Å². The third kappa shape index (κ3) is 9.22. The number of nitrogens with zero attached hydrogens (tertiary/aromatic N) is 4. The number of carbonyl (C=O) groups is 1. The number of anilines is 1. The summed E-state index contributed by atoms with van der Waals surface area (Å²) in [6.45, 7) is -0.385. The molecule has 0 bridgehead atoms. The van der Waals surface area contributed by atoms with Gasteiger partial charge in [-0.15, -0.1) is 0 Å². The Labute approximate surface area is 274 Å². The summed E-state index contributed by atoms with van der Waals surface area (Å²) in [7, 11) is -4.46. The van der Waals surface area contributed by atoms with Crippen LogP contribution in [0.4, 0.5) is 5.69 Å². The van der Waals surface area contributed by atoms with Crippen LogP contribution in [0.25, 0.3) is 43.6 Å². The smallest absolute Gasteiger partial charge is 0.744 e. The fourth-order valence-electron chi connectivity index (χ4n) is 4.27. The topological polar surface area (TPSA) is 224 Å². The van der Waals surface area contributed by atoms with Crippen LogP contribution in [0.1, 0.15) is 0 Å². The largest absolute Gasteiger partial charge is 2.00 e. The maximum absolute atomic E-state index is 10.5. The number of benzene rings is 3. The standard InChI is InChI=1S/2C12H8N2.C8H9NO5S.Cu.2H2O/c2*1-3-9-5-6-10-4-2-8-14-12(10)11(9)13-7-1;10-8(11)5-9-6-1-3-7(4-2-6)15(12,13)14;;;/h2*1-8H;1-4,9H,5H2,(H,10,11)(H,12,13,14);;2*1H2/q;;;+2;;/p-2. The van der Waals surface area contributed by atoms with Crippen molar-refractivity contribution in [1.82, 2.24) is 19.9 Å². The molecule has 7 rings (SSSR count). The van der Waals surface area contributed by atoms with Crippen LogP contribution in [-0.4, -0.2) is 56.4 Å². The van der Waals surface area contributed by atoms with E-state index in [0.29, 0.717) is 5.69 Å². The summed E-state index contributed by atoms with van der Waals surface area (Å²) in [5.41, 5.74) is 4.30. The van der Waals surface area contributed by atoms with Crippen LogP contribution >= 0.6 is 0 Å². The number of aromatic nitrogens is 4. The number of carboxylic acid groups (broad SMARTS) is 1. The van der Waals surface area contributed by atoms with Crippen molar-refractivity contribution in [3.63, 3.8) is 0 Å². The van der Waals surface area contributed by atoms with E-state index in [2.05, 4.69) is 73.8 Å². The van der Waals surface area contributed by atoms with Crippen molar-refractivity contribution >= 4 is 65.4 Å². The number of rotatable bonds is 4. The van der Waals surface area contributed by atoms with Gasteiger partial charge in [-0.05, 0) is 48.5 Å². The molecule has 239 valence electrons. The van der Waals surface area contributed by atoms with Gasteiger partial charge in [0.25, 0.3) is 0 Å². The molecule has 46 heavy (non-hydrogen) atoms. The minimum absolute atomic E-state index is 0. The average Bonchev–Trinajstić information content (AvgIpc) is 3.04. The maximum Gasteiger partial charge on any atom is 2.00 e. The van der Waals surface area contributed by atoms with Crippen LogP contribution in [0.5, 0.6) is 0 Å². The molecule has 0 aliphatic heterocycles. The minimum Gasteiger partial charge on any atom is -0.744 e. The molecule has 5 N–H and O–H groups in total. The van der Waals surface area contributed by atoms with Gasteiger partial charge in [0, 0.05) is 52.0 Å². The first-order chi connectivity index (χ1) is 20.8. The van der Waals surface area contributed by atoms with E-state index in [4.69, 9.17) is 0 Å². The number of carbonyl (C=O) groups excluding carboxylic acids is 1. The number of hydrogen-bond acceptors (Lipinski definition) is 10. The van der Waals surface area contributed by atoms with Gasteiger partial charge in [0.15, 0.2) is 0 Å². The zero-order chi connectivity index (χ0) is 30.2. The molecular formula is C32H27CuN5O7S. The van der Waals surface area contributed by atoms with Crippen LogP contribution in [0.2, 0.25) is 0 Å². The normalized spacial score (nSPS) is 10.2. The van der Waals surface area contributed by atoms with Crippen LogP contribution < -0.4 is 10.4 Å². The minimum atomic E-state index is -4.46. The molecule has 1 radical (unpaired) electrons. The maximum atomic E-state index is 10.5. The molecule has 0 unspecified atom stereocenters. The van der Waals surface area contributed by atoms with Gasteiger partial charge in [0.2, 0.25) is 0 Å². The Morgan fingerprint density at radius 2 is 0.913 bits per heavy atom. The molecule has 0 saturated heterocycles. The molecular weight excluding hydrogens is 662 g/mol. The zero-order valence-corrected chi connectivity index (χ0v) is 25.6. The first-order valence-electron chi connectivity index (χ1n) is 13.0. The SMILES string of the molecule is O.O.O=C([O-])CNc1ccc(S(=O)(=O)[O-])cc1.[Cu+2].c1cnc2c(c1)ccc1cccnc12.c1cnc2c(c1)ccc1cccnc12. The Morgan fingerprint density at radius 3 is 1.20 bits per heavy atom. The Balaban J connectivity index is 0.000000232. The van der Waals surface area contributed by atoms with Crippen molar-refractivity contribution in [2.45, 2.75) is 4.90 Å². The Kier molecular flexibility index (Phi) is 13.6. The Morgan fingerprint density at radius 1 is 0.587 bits per heavy atom. The molecule has 14 heteroatoms. The monoisotopic (exact) mass is 688 g/mol. The summed E-state index contributed by atoms with van der Waals surface area (Å²) in [4.78, 5) is 27.1. The van der Waals surface area contributed by atoms with Crippen LogP contribution in [0, 0.1) is 0 Å². The van der Waals surface area contributed by atoms with Gasteiger partial charge in [-0.2, -0.15) is 0 Å². The number of aliphatic carboxylic acids is 1. The van der Waals surface area contributed by atoms with E-state index in [1.54, 1.807) is 24.8 Å². The van der Waals surface area contributed by atoms with Gasteiger partial charge in [0.05, 0.1) is 39.5 Å². The van der Waals surface area contributed by atoms with E-state index in [1.807, 2.05) is 24.3 Å². The molecule has 0 spiro atoms. The number of hydrogen-bond donors (Lipinski definition) is 1. The third-order valence-corrected chi connectivity index (χ3v) is 7.12. The van der Waals surface area contributed by atoms with Crippen molar-refractivity contribution in [3.05, 3.63) is 122 Å². The van der Waals surface area contributed by atoms with E-state index < -0.39 is 16.1 Å². The van der Waals surface area contributed by atoms with Gasteiger partial charge in [-0.25, -0.2) is 8.42 Å². The molecule has 3 aromatic carbocycles. The van der Waals surface area contributed by atoms with Crippen molar-refractivity contribution in [2.75, 3.05) is 11.9 Å². The second-order valence-electron chi connectivity index (χ2n) is 9.14. The van der Waals surface area contributed by atoms with E-state index in [-0.39, 0.29) is 39.5 Å². The molecule has 0 aliphatic rings. The number of carboxylic acids is 1. The summed E-state index contributed by atoms with van der Waals surface area (Å²) >= 11 is 0. The summed E-state index contributed by atoms with van der Waals surface area (Å²) in [6.07, 6.45) is 7.21. The van der Waals surface area contributed by atoms with Gasteiger partial charge >= 0.3 is 17.1 Å². The second-order valence-corrected chi connectivity index (χ2v) is 10.5. The first kappa shape index (κ1) is 37.1.